The molecule has 148 valence electrons. The van der Waals surface area contributed by atoms with Gasteiger partial charge >= 0.3 is 0 Å². The Morgan fingerprint density at radius 3 is 2.54 bits per heavy atom. The fourth-order valence-corrected chi connectivity index (χ4v) is 4.50. The molecular formula is C18H17Cl2N3O4S. The van der Waals surface area contributed by atoms with E-state index >= 15 is 0 Å². The summed E-state index contributed by atoms with van der Waals surface area (Å²) in [7, 11) is -1.14. The average Bonchev–Trinajstić information content (AvgIpc) is 3.12. The van der Waals surface area contributed by atoms with Crippen molar-refractivity contribution in [2.45, 2.75) is 18.4 Å². The zero-order chi connectivity index (χ0) is 20.5. The summed E-state index contributed by atoms with van der Waals surface area (Å²) in [4.78, 5) is 4.16. The largest absolute Gasteiger partial charge is 0.495 e. The molecule has 1 aromatic heterocycles. The number of rotatable bonds is 6. The molecule has 0 saturated carbocycles. The van der Waals surface area contributed by atoms with Gasteiger partial charge in [-0.15, -0.1) is 0 Å². The van der Waals surface area contributed by atoms with Gasteiger partial charge in [-0.1, -0.05) is 52.6 Å². The molecule has 0 saturated heterocycles. The van der Waals surface area contributed by atoms with E-state index in [0.717, 1.165) is 15.4 Å². The zero-order valence-corrected chi connectivity index (χ0v) is 17.6. The normalized spacial score (nSPS) is 11.8. The molecule has 0 aliphatic rings. The first-order valence-corrected chi connectivity index (χ1v) is 10.3. The van der Waals surface area contributed by atoms with E-state index in [1.165, 1.54) is 26.3 Å². The summed E-state index contributed by atoms with van der Waals surface area (Å²) in [5.41, 5.74) is 1.79. The van der Waals surface area contributed by atoms with Crippen LogP contribution in [0.4, 0.5) is 0 Å². The van der Waals surface area contributed by atoms with Crippen molar-refractivity contribution in [1.29, 1.82) is 0 Å². The second-order valence-electron chi connectivity index (χ2n) is 5.98. The predicted octanol–water partition coefficient (Wildman–Crippen LogP) is 4.18. The van der Waals surface area contributed by atoms with Crippen LogP contribution < -0.4 is 4.74 Å². The van der Waals surface area contributed by atoms with E-state index in [1.54, 1.807) is 0 Å². The van der Waals surface area contributed by atoms with Crippen LogP contribution in [0.5, 0.6) is 5.75 Å². The first-order valence-electron chi connectivity index (χ1n) is 8.12. The Kier molecular flexibility index (Phi) is 5.95. The zero-order valence-electron chi connectivity index (χ0n) is 15.3. The average molecular weight is 442 g/mol. The van der Waals surface area contributed by atoms with Crippen LogP contribution in [0.15, 0.2) is 45.8 Å². The summed E-state index contributed by atoms with van der Waals surface area (Å²) in [5, 5.41) is 3.85. The van der Waals surface area contributed by atoms with Crippen molar-refractivity contribution < 1.29 is 17.7 Å². The quantitative estimate of drug-likeness (QED) is 0.570. The van der Waals surface area contributed by atoms with Crippen LogP contribution in [-0.2, 0) is 16.6 Å². The van der Waals surface area contributed by atoms with E-state index < -0.39 is 10.0 Å². The van der Waals surface area contributed by atoms with Crippen molar-refractivity contribution in [3.05, 3.63) is 57.9 Å². The molecule has 2 aromatic carbocycles. The van der Waals surface area contributed by atoms with Crippen LogP contribution in [0.3, 0.4) is 0 Å². The molecule has 0 fully saturated rings. The van der Waals surface area contributed by atoms with Gasteiger partial charge in [0.05, 0.1) is 18.7 Å². The lowest BCUT2D eigenvalue weighted by molar-refractivity contribution is 0.336. The first-order chi connectivity index (χ1) is 13.3. The number of halogens is 2. The second kappa shape index (κ2) is 8.08. The first kappa shape index (κ1) is 20.6. The highest BCUT2D eigenvalue weighted by Gasteiger charge is 2.27. The summed E-state index contributed by atoms with van der Waals surface area (Å²) in [6.07, 6.45) is 0. The molecule has 0 aliphatic heterocycles. The van der Waals surface area contributed by atoms with Crippen LogP contribution in [0, 0.1) is 6.92 Å². The number of nitrogens with zero attached hydrogens (tertiary/aromatic N) is 3. The Morgan fingerprint density at radius 1 is 1.14 bits per heavy atom. The maximum absolute atomic E-state index is 12.9. The van der Waals surface area contributed by atoms with Crippen molar-refractivity contribution in [3.8, 4) is 17.1 Å². The molecule has 0 bridgehead atoms. The minimum atomic E-state index is -3.95. The highest BCUT2D eigenvalue weighted by molar-refractivity contribution is 7.89. The van der Waals surface area contributed by atoms with Gasteiger partial charge in [0, 0.05) is 12.6 Å². The van der Waals surface area contributed by atoms with Crippen molar-refractivity contribution in [3.63, 3.8) is 0 Å². The number of aromatic nitrogens is 2. The third-order valence-corrected chi connectivity index (χ3v) is 6.95. The molecule has 0 radical (unpaired) electrons. The maximum atomic E-state index is 12.9. The summed E-state index contributed by atoms with van der Waals surface area (Å²) >= 11 is 12.2. The van der Waals surface area contributed by atoms with Gasteiger partial charge in [-0.2, -0.15) is 9.29 Å². The number of benzene rings is 2. The smallest absolute Gasteiger partial charge is 0.244 e. The molecule has 0 amide bonds. The Labute approximate surface area is 172 Å². The van der Waals surface area contributed by atoms with Crippen molar-refractivity contribution >= 4 is 33.2 Å². The van der Waals surface area contributed by atoms with Gasteiger partial charge in [0.25, 0.3) is 0 Å². The topological polar surface area (TPSA) is 85.5 Å². The van der Waals surface area contributed by atoms with Crippen LogP contribution in [0.2, 0.25) is 10.0 Å². The van der Waals surface area contributed by atoms with Crippen LogP contribution in [0.1, 0.15) is 11.5 Å². The summed E-state index contributed by atoms with van der Waals surface area (Å²) in [5.74, 6) is 0.831. The molecule has 0 atom stereocenters. The van der Waals surface area contributed by atoms with Gasteiger partial charge in [0.1, 0.15) is 15.7 Å². The van der Waals surface area contributed by atoms with E-state index in [-0.39, 0.29) is 33.1 Å². The van der Waals surface area contributed by atoms with E-state index in [4.69, 9.17) is 32.5 Å². The van der Waals surface area contributed by atoms with Crippen molar-refractivity contribution in [1.82, 2.24) is 14.4 Å². The molecule has 0 N–H and O–H groups in total. The molecular weight excluding hydrogens is 425 g/mol. The van der Waals surface area contributed by atoms with E-state index in [2.05, 4.69) is 10.1 Å². The summed E-state index contributed by atoms with van der Waals surface area (Å²) < 4.78 is 37.1. The summed E-state index contributed by atoms with van der Waals surface area (Å²) in [6, 6.07) is 10.3. The SMILES string of the molecule is COc1ccc(S(=O)(=O)N(C)Cc2nc(-c3ccccc3C)no2)c(Cl)c1Cl. The maximum Gasteiger partial charge on any atom is 0.244 e. The Balaban J connectivity index is 1.86. The lowest BCUT2D eigenvalue weighted by Gasteiger charge is -2.17. The van der Waals surface area contributed by atoms with Gasteiger partial charge in [-0.25, -0.2) is 8.42 Å². The van der Waals surface area contributed by atoms with E-state index in [1.807, 2.05) is 31.2 Å². The Morgan fingerprint density at radius 2 is 1.86 bits per heavy atom. The minimum absolute atomic E-state index is 0.0262. The summed E-state index contributed by atoms with van der Waals surface area (Å²) in [6.45, 7) is 1.80. The fraction of sp³-hybridized carbons (Fsp3) is 0.222. The number of methoxy groups -OCH3 is 1. The third-order valence-electron chi connectivity index (χ3n) is 4.13. The number of sulfonamides is 1. The van der Waals surface area contributed by atoms with Gasteiger partial charge in [-0.3, -0.25) is 0 Å². The van der Waals surface area contributed by atoms with Gasteiger partial charge < -0.3 is 9.26 Å². The highest BCUT2D eigenvalue weighted by atomic mass is 35.5. The van der Waals surface area contributed by atoms with Crippen molar-refractivity contribution in [2.75, 3.05) is 14.2 Å². The van der Waals surface area contributed by atoms with Gasteiger partial charge in [0.15, 0.2) is 0 Å². The molecule has 10 heteroatoms. The fourth-order valence-electron chi connectivity index (χ4n) is 2.57. The van der Waals surface area contributed by atoms with Crippen LogP contribution in [0.25, 0.3) is 11.4 Å². The van der Waals surface area contributed by atoms with E-state index in [0.29, 0.717) is 5.82 Å². The third kappa shape index (κ3) is 3.86. The molecule has 7 nitrogen and oxygen atoms in total. The van der Waals surface area contributed by atoms with Gasteiger partial charge in [-0.05, 0) is 24.6 Å². The highest BCUT2D eigenvalue weighted by Crippen LogP contribution is 2.37. The van der Waals surface area contributed by atoms with Crippen molar-refractivity contribution in [2.24, 2.45) is 0 Å². The molecule has 28 heavy (non-hydrogen) atoms. The minimum Gasteiger partial charge on any atom is -0.495 e. The monoisotopic (exact) mass is 441 g/mol. The predicted molar refractivity (Wildman–Crippen MR) is 106 cm³/mol. The molecule has 1 heterocycles. The lowest BCUT2D eigenvalue weighted by atomic mass is 10.1. The van der Waals surface area contributed by atoms with E-state index in [9.17, 15) is 8.42 Å². The number of aryl methyl sites for hydroxylation is 1. The van der Waals surface area contributed by atoms with Crippen LogP contribution >= 0.6 is 23.2 Å². The molecule has 3 aromatic rings. The molecule has 0 aliphatic carbocycles. The van der Waals surface area contributed by atoms with Gasteiger partial charge in [0.2, 0.25) is 21.7 Å². The number of hydrogen-bond acceptors (Lipinski definition) is 6. The number of ether oxygens (including phenoxy) is 1. The molecule has 3 rings (SSSR count). The molecule has 0 unspecified atom stereocenters. The van der Waals surface area contributed by atoms with Crippen LogP contribution in [-0.4, -0.2) is 37.0 Å². The Hall–Kier alpha value is -2.13. The Bertz CT molecular complexity index is 1120. The number of hydrogen-bond donors (Lipinski definition) is 0. The second-order valence-corrected chi connectivity index (χ2v) is 8.75. The lowest BCUT2D eigenvalue weighted by Crippen LogP contribution is -2.27. The standard InChI is InChI=1S/C18H17Cl2N3O4S/c1-11-6-4-5-7-12(11)18-21-15(27-22-18)10-23(2)28(24,25)14-9-8-13(26-3)16(19)17(14)20/h4-9H,10H2,1-3H3. The molecule has 0 spiro atoms.